The summed E-state index contributed by atoms with van der Waals surface area (Å²) in [4.78, 5) is 27.0. The van der Waals surface area contributed by atoms with E-state index in [2.05, 4.69) is 49.4 Å². The van der Waals surface area contributed by atoms with Gasteiger partial charge in [0.1, 0.15) is 22.6 Å². The lowest BCUT2D eigenvalue weighted by molar-refractivity contribution is 1.08. The molecule has 0 saturated carbocycles. The van der Waals surface area contributed by atoms with Crippen LogP contribution in [0.5, 0.6) is 0 Å². The minimum Gasteiger partial charge on any atom is -0.324 e. The molecule has 0 amide bonds. The van der Waals surface area contributed by atoms with Crippen LogP contribution >= 0.6 is 0 Å². The van der Waals surface area contributed by atoms with Gasteiger partial charge in [-0.2, -0.15) is 0 Å². The molecule has 0 atom stereocenters. The van der Waals surface area contributed by atoms with Gasteiger partial charge in [0.2, 0.25) is 0 Å². The molecule has 0 aliphatic heterocycles. The van der Waals surface area contributed by atoms with E-state index in [1.807, 2.05) is 70.2 Å². The van der Waals surface area contributed by atoms with Gasteiger partial charge in [0, 0.05) is 50.2 Å². The van der Waals surface area contributed by atoms with Crippen LogP contribution in [0.25, 0.3) is 58.0 Å². The number of fused-ring (bicyclic) bond motifs is 6. The first-order valence-electron chi connectivity index (χ1n) is 15.4. The average Bonchev–Trinajstić information content (AvgIpc) is 3.64. The van der Waals surface area contributed by atoms with Crippen LogP contribution in [0, 0.1) is 33.1 Å². The Labute approximate surface area is 282 Å². The van der Waals surface area contributed by atoms with Gasteiger partial charge in [-0.3, -0.25) is 5.41 Å². The highest BCUT2D eigenvalue weighted by molar-refractivity contribution is 6.04. The Hall–Kier alpha value is -6.21. The molecule has 3 N–H and O–H groups in total. The Kier molecular flexibility index (Phi) is 11.1. The molecule has 240 valence electrons. The molecule has 4 rings (SSSR count). The molecule has 7 heteroatoms. The summed E-state index contributed by atoms with van der Waals surface area (Å²) in [6.45, 7) is 31.4. The van der Waals surface area contributed by atoms with E-state index in [-0.39, 0.29) is 5.49 Å². The minimum atomic E-state index is 0.0279. The molecule has 0 saturated heterocycles. The zero-order chi connectivity index (χ0) is 35.0. The molecule has 48 heavy (non-hydrogen) atoms. The third-order valence-electron chi connectivity index (χ3n) is 7.96. The first-order chi connectivity index (χ1) is 23.1. The molecule has 3 aromatic heterocycles. The van der Waals surface area contributed by atoms with Gasteiger partial charge in [-0.1, -0.05) is 125 Å². The molecule has 0 spiro atoms. The lowest BCUT2D eigenvalue weighted by atomic mass is 10.1. The SMILES string of the molecule is C=C/C=C\C1=C(C=C)c2nc3[nH]c(nc(=N)c(/C=C\C=C)c(C)c(C)nc4[nH]c(nc1c2C)c(C)c4/C=C\C=C)c(C=C)c3/C=C\C=C. The smallest absolute Gasteiger partial charge is 0.154 e. The predicted octanol–water partition coefficient (Wildman–Crippen LogP) is 9.58. The van der Waals surface area contributed by atoms with Gasteiger partial charge in [-0.25, -0.2) is 19.9 Å². The molecule has 0 aromatic carbocycles. The van der Waals surface area contributed by atoms with Crippen molar-refractivity contribution in [2.75, 3.05) is 0 Å². The van der Waals surface area contributed by atoms with Crippen molar-refractivity contribution in [1.29, 1.82) is 5.41 Å². The summed E-state index contributed by atoms with van der Waals surface area (Å²) in [5, 5.41) is 9.16. The van der Waals surface area contributed by atoms with Gasteiger partial charge >= 0.3 is 0 Å². The number of hydrogen-bond acceptors (Lipinski definition) is 5. The maximum Gasteiger partial charge on any atom is 0.154 e. The fourth-order valence-electron chi connectivity index (χ4n) is 5.35. The second-order valence-electron chi connectivity index (χ2n) is 10.9. The maximum atomic E-state index is 9.16. The molecular weight excluding hydrogens is 591 g/mol. The third-order valence-corrected chi connectivity index (χ3v) is 7.96. The summed E-state index contributed by atoms with van der Waals surface area (Å²) >= 11 is 0. The molecule has 1 aliphatic carbocycles. The van der Waals surface area contributed by atoms with Crippen molar-refractivity contribution < 1.29 is 0 Å². The van der Waals surface area contributed by atoms with Crippen molar-refractivity contribution in [2.24, 2.45) is 0 Å². The van der Waals surface area contributed by atoms with E-state index in [0.717, 1.165) is 44.7 Å². The zero-order valence-electron chi connectivity index (χ0n) is 28.1. The van der Waals surface area contributed by atoms with E-state index >= 15 is 0 Å². The number of nitrogens with one attached hydrogen (secondary N) is 3. The van der Waals surface area contributed by atoms with Crippen LogP contribution in [0.4, 0.5) is 0 Å². The second kappa shape index (κ2) is 15.4. The predicted molar refractivity (Wildman–Crippen MR) is 206 cm³/mol. The molecular formula is C41H41N7. The zero-order valence-corrected chi connectivity index (χ0v) is 28.1. The van der Waals surface area contributed by atoms with Crippen molar-refractivity contribution in [3.05, 3.63) is 162 Å². The van der Waals surface area contributed by atoms with Crippen molar-refractivity contribution >= 4 is 58.0 Å². The maximum absolute atomic E-state index is 9.16. The summed E-state index contributed by atoms with van der Waals surface area (Å²) in [6, 6.07) is 0. The molecule has 6 bridgehead atoms. The van der Waals surface area contributed by atoms with E-state index < -0.39 is 0 Å². The Balaban J connectivity index is 2.44. The molecule has 3 aromatic rings. The van der Waals surface area contributed by atoms with E-state index in [1.54, 1.807) is 42.5 Å². The number of aromatic amines is 2. The molecule has 0 unspecified atom stereocenters. The topological polar surface area (TPSA) is 107 Å². The largest absolute Gasteiger partial charge is 0.324 e. The van der Waals surface area contributed by atoms with Gasteiger partial charge < -0.3 is 9.97 Å². The Morgan fingerprint density at radius 2 is 0.979 bits per heavy atom. The highest BCUT2D eigenvalue weighted by Gasteiger charge is 2.23. The summed E-state index contributed by atoms with van der Waals surface area (Å²) in [7, 11) is 0. The summed E-state index contributed by atoms with van der Waals surface area (Å²) < 4.78 is 0. The monoisotopic (exact) mass is 631 g/mol. The first kappa shape index (κ1) is 34.7. The molecule has 0 fully saturated rings. The number of allylic oxidation sites excluding steroid dienone is 12. The van der Waals surface area contributed by atoms with Crippen LogP contribution in [0.2, 0.25) is 0 Å². The van der Waals surface area contributed by atoms with Crippen LogP contribution in [0.3, 0.4) is 0 Å². The van der Waals surface area contributed by atoms with Crippen LogP contribution in [-0.2, 0) is 0 Å². The number of aromatic nitrogens is 6. The second-order valence-corrected chi connectivity index (χ2v) is 10.9. The van der Waals surface area contributed by atoms with Gasteiger partial charge in [-0.05, 0) is 33.3 Å². The summed E-state index contributed by atoms with van der Waals surface area (Å²) in [5.74, 6) is 0. The van der Waals surface area contributed by atoms with E-state index in [1.165, 1.54) is 0 Å². The van der Waals surface area contributed by atoms with Gasteiger partial charge in [0.05, 0.1) is 11.4 Å². The van der Waals surface area contributed by atoms with Crippen LogP contribution in [0.1, 0.15) is 56.0 Å². The molecule has 0 radical (unpaired) electrons. The number of aryl methyl sites for hydroxylation is 2. The van der Waals surface area contributed by atoms with Crippen molar-refractivity contribution in [3.63, 3.8) is 0 Å². The van der Waals surface area contributed by atoms with Crippen molar-refractivity contribution in [3.8, 4) is 0 Å². The quantitative estimate of drug-likeness (QED) is 0.194. The molecule has 1 aliphatic rings. The number of H-pyrrole nitrogens is 2. The first-order valence-corrected chi connectivity index (χ1v) is 15.4. The van der Waals surface area contributed by atoms with E-state index in [0.29, 0.717) is 45.1 Å². The Bertz CT molecular complexity index is 2240. The van der Waals surface area contributed by atoms with E-state index in [4.69, 9.17) is 25.3 Å². The average molecular weight is 632 g/mol. The normalized spacial score (nSPS) is 12.3. The summed E-state index contributed by atoms with van der Waals surface area (Å²) in [5.41, 5.74) is 11.5. The highest BCUT2D eigenvalue weighted by atomic mass is 15.0. The minimum absolute atomic E-state index is 0.0279. The van der Waals surface area contributed by atoms with Crippen LogP contribution < -0.4 is 5.49 Å². The van der Waals surface area contributed by atoms with Gasteiger partial charge in [-0.15, -0.1) is 0 Å². The van der Waals surface area contributed by atoms with Crippen LogP contribution in [-0.4, -0.2) is 29.9 Å². The fraction of sp³-hybridized carbons (Fsp3) is 0.0976. The Morgan fingerprint density at radius 3 is 1.58 bits per heavy atom. The van der Waals surface area contributed by atoms with Gasteiger partial charge in [0.25, 0.3) is 0 Å². The van der Waals surface area contributed by atoms with Crippen LogP contribution in [0.15, 0.2) is 100 Å². The number of nitrogens with zero attached hydrogens (tertiary/aromatic N) is 4. The van der Waals surface area contributed by atoms with Crippen molar-refractivity contribution in [2.45, 2.75) is 27.7 Å². The standard InChI is InChI=1S/C41H41N7/c1-11-17-21-31-25(7)28(10)43-40-32(22-18-12-2)26(8)38(47-40)44-36-27(9)35(29(15-5)33(36)23-19-13-3)45-41-34(24-20-14-4)30(16-6)39(48-41)46-37(31)42/h11-24H,1-6H2,7-10H3,(H,43,44,47)(H2,42,45,46,48)/b21-17-,22-18-,23-19-,24-20-. The van der Waals surface area contributed by atoms with Crippen molar-refractivity contribution in [1.82, 2.24) is 29.9 Å². The van der Waals surface area contributed by atoms with E-state index in [9.17, 15) is 0 Å². The fourth-order valence-corrected chi connectivity index (χ4v) is 5.35. The number of rotatable bonds is 10. The molecule has 3 heterocycles. The Morgan fingerprint density at radius 1 is 0.479 bits per heavy atom. The highest BCUT2D eigenvalue weighted by Crippen LogP contribution is 2.37. The number of hydrogen-bond donors (Lipinski definition) is 3. The van der Waals surface area contributed by atoms with Gasteiger partial charge in [0.15, 0.2) is 5.49 Å². The lowest BCUT2D eigenvalue weighted by Crippen LogP contribution is -2.10. The molecule has 7 nitrogen and oxygen atoms in total. The summed E-state index contributed by atoms with van der Waals surface area (Å²) in [6.07, 6.45) is 25.3. The third kappa shape index (κ3) is 6.81. The lowest BCUT2D eigenvalue weighted by Gasteiger charge is -2.00.